The summed E-state index contributed by atoms with van der Waals surface area (Å²) in [5.74, 6) is -0.643. The van der Waals surface area contributed by atoms with Gasteiger partial charge in [-0.15, -0.1) is 0 Å². The highest BCUT2D eigenvalue weighted by atomic mass is 32.2. The topological polar surface area (TPSA) is 89.0 Å². The summed E-state index contributed by atoms with van der Waals surface area (Å²) >= 11 is 1.41. The third-order valence-corrected chi connectivity index (χ3v) is 2.86. The van der Waals surface area contributed by atoms with Gasteiger partial charge in [0.15, 0.2) is 11.5 Å². The fraction of sp³-hybridized carbons (Fsp3) is 0.667. The molecule has 0 aromatic heterocycles. The average molecular weight is 261 g/mol. The van der Waals surface area contributed by atoms with Crippen molar-refractivity contribution in [2.45, 2.75) is 6.29 Å². The number of carbonyl (C=O) groups excluding carboxylic acids is 2. The molecule has 0 fully saturated rings. The number of thioether (sulfide) groups is 1. The number of ether oxygens (including phenoxy) is 2. The van der Waals surface area contributed by atoms with Gasteiger partial charge in [0, 0.05) is 20.0 Å². The molecule has 0 spiro atoms. The third-order valence-electron chi connectivity index (χ3n) is 1.97. The first kappa shape index (κ1) is 13.9. The van der Waals surface area contributed by atoms with E-state index in [-0.39, 0.29) is 6.54 Å². The van der Waals surface area contributed by atoms with E-state index in [2.05, 4.69) is 15.6 Å². The Morgan fingerprint density at radius 1 is 1.41 bits per heavy atom. The first-order valence-electron chi connectivity index (χ1n) is 4.99. The largest absolute Gasteiger partial charge is 0.354 e. The van der Waals surface area contributed by atoms with Crippen molar-refractivity contribution in [3.8, 4) is 0 Å². The van der Waals surface area contributed by atoms with Gasteiger partial charge in [0.05, 0.1) is 13.1 Å². The van der Waals surface area contributed by atoms with Gasteiger partial charge in [-0.1, -0.05) is 11.8 Å². The zero-order valence-corrected chi connectivity index (χ0v) is 10.5. The highest BCUT2D eigenvalue weighted by molar-refractivity contribution is 8.14. The molecule has 2 N–H and O–H groups in total. The summed E-state index contributed by atoms with van der Waals surface area (Å²) in [6.07, 6.45) is -0.565. The minimum Gasteiger partial charge on any atom is -0.354 e. The molecule has 1 aliphatic rings. The van der Waals surface area contributed by atoms with Gasteiger partial charge in [0.1, 0.15) is 0 Å². The second kappa shape index (κ2) is 7.25. The highest BCUT2D eigenvalue weighted by Gasteiger charge is 2.18. The highest BCUT2D eigenvalue weighted by Crippen LogP contribution is 2.08. The Kier molecular flexibility index (Phi) is 5.95. The van der Waals surface area contributed by atoms with Crippen LogP contribution in [0.1, 0.15) is 0 Å². The molecule has 2 amide bonds. The van der Waals surface area contributed by atoms with Gasteiger partial charge in [0.25, 0.3) is 0 Å². The molecule has 1 heterocycles. The number of nitrogens with zero attached hydrogens (tertiary/aromatic N) is 1. The zero-order valence-electron chi connectivity index (χ0n) is 9.69. The van der Waals surface area contributed by atoms with Crippen LogP contribution in [0.3, 0.4) is 0 Å². The van der Waals surface area contributed by atoms with Gasteiger partial charge in [-0.25, -0.2) is 0 Å². The van der Waals surface area contributed by atoms with Gasteiger partial charge < -0.3 is 14.8 Å². The molecule has 0 bridgehead atoms. The Morgan fingerprint density at radius 3 is 2.65 bits per heavy atom. The number of hydrogen-bond donors (Lipinski definition) is 2. The minimum absolute atomic E-state index is 0.110. The van der Waals surface area contributed by atoms with Gasteiger partial charge in [-0.2, -0.15) is 0 Å². The van der Waals surface area contributed by atoms with Crippen LogP contribution in [0.15, 0.2) is 4.99 Å². The maximum Gasteiger partial charge on any atom is 0.315 e. The molecule has 7 nitrogen and oxygen atoms in total. The van der Waals surface area contributed by atoms with E-state index in [1.54, 1.807) is 0 Å². The normalized spacial score (nSPS) is 14.6. The summed E-state index contributed by atoms with van der Waals surface area (Å²) in [5.41, 5.74) is 0. The van der Waals surface area contributed by atoms with E-state index in [1.807, 2.05) is 0 Å². The summed E-state index contributed by atoms with van der Waals surface area (Å²) in [6, 6.07) is 0. The van der Waals surface area contributed by atoms with Crippen LogP contribution in [0.5, 0.6) is 0 Å². The molecule has 0 atom stereocenters. The molecule has 0 unspecified atom stereocenters. The molecule has 8 heteroatoms. The Balaban J connectivity index is 2.29. The molecule has 1 aliphatic heterocycles. The van der Waals surface area contributed by atoms with Gasteiger partial charge in [-0.3, -0.25) is 19.9 Å². The molecule has 0 aromatic rings. The fourth-order valence-corrected chi connectivity index (χ4v) is 1.81. The van der Waals surface area contributed by atoms with E-state index in [9.17, 15) is 9.59 Å². The van der Waals surface area contributed by atoms with Crippen LogP contribution >= 0.6 is 11.8 Å². The lowest BCUT2D eigenvalue weighted by Crippen LogP contribution is -2.44. The predicted octanol–water partition coefficient (Wildman–Crippen LogP) is -1.06. The van der Waals surface area contributed by atoms with E-state index in [4.69, 9.17) is 9.47 Å². The lowest BCUT2D eigenvalue weighted by molar-refractivity contribution is -0.141. The number of carbonyl (C=O) groups is 2. The summed E-state index contributed by atoms with van der Waals surface area (Å²) in [7, 11) is 2.90. The Morgan fingerprint density at radius 2 is 2.12 bits per heavy atom. The van der Waals surface area contributed by atoms with Crippen LogP contribution in [-0.4, -0.2) is 56.3 Å². The Hall–Kier alpha value is -1.12. The summed E-state index contributed by atoms with van der Waals surface area (Å²) in [5, 5.41) is 5.30. The standard InChI is InChI=1S/C9H15N3O4S/c1-15-6(16-2)5-11-7(13)8(14)12-9-10-3-4-17-9/h6H,3-5H2,1-2H3,(H,11,13)(H,10,12,14). The van der Waals surface area contributed by atoms with Crippen molar-refractivity contribution < 1.29 is 19.1 Å². The van der Waals surface area contributed by atoms with Crippen LogP contribution in [0.25, 0.3) is 0 Å². The van der Waals surface area contributed by atoms with Gasteiger partial charge >= 0.3 is 11.8 Å². The average Bonchev–Trinajstić information content (AvgIpc) is 2.82. The van der Waals surface area contributed by atoms with Gasteiger partial charge in [0.2, 0.25) is 0 Å². The van der Waals surface area contributed by atoms with Crippen molar-refractivity contribution in [3.63, 3.8) is 0 Å². The molecule has 96 valence electrons. The molecule has 0 saturated carbocycles. The number of hydrogen-bond acceptors (Lipinski definition) is 6. The van der Waals surface area contributed by atoms with Crippen molar-refractivity contribution in [2.75, 3.05) is 33.1 Å². The molecule has 0 aromatic carbocycles. The van der Waals surface area contributed by atoms with Crippen LogP contribution in [0.2, 0.25) is 0 Å². The second-order valence-electron chi connectivity index (χ2n) is 3.10. The second-order valence-corrected chi connectivity index (χ2v) is 4.18. The number of methoxy groups -OCH3 is 2. The summed E-state index contributed by atoms with van der Waals surface area (Å²) < 4.78 is 9.73. The molecule has 0 saturated heterocycles. The van der Waals surface area contributed by atoms with E-state index < -0.39 is 18.1 Å². The predicted molar refractivity (Wildman–Crippen MR) is 63.7 cm³/mol. The smallest absolute Gasteiger partial charge is 0.315 e. The molecule has 1 rings (SSSR count). The number of rotatable bonds is 4. The van der Waals surface area contributed by atoms with E-state index in [0.717, 1.165) is 5.75 Å². The first-order valence-corrected chi connectivity index (χ1v) is 5.98. The Labute approximate surface area is 103 Å². The number of amides is 2. The van der Waals surface area contributed by atoms with Crippen molar-refractivity contribution in [3.05, 3.63) is 0 Å². The SMILES string of the molecule is COC(CNC(=O)C(=O)NC1=NCCS1)OC. The number of aliphatic imine (C=N–C) groups is 1. The monoisotopic (exact) mass is 261 g/mol. The molecular weight excluding hydrogens is 246 g/mol. The number of nitrogens with one attached hydrogen (secondary N) is 2. The fourth-order valence-electron chi connectivity index (χ4n) is 1.08. The van der Waals surface area contributed by atoms with Crippen molar-refractivity contribution in [2.24, 2.45) is 4.99 Å². The van der Waals surface area contributed by atoms with E-state index in [1.165, 1.54) is 26.0 Å². The quantitative estimate of drug-likeness (QED) is 0.497. The maximum absolute atomic E-state index is 11.4. The van der Waals surface area contributed by atoms with E-state index in [0.29, 0.717) is 11.7 Å². The number of amidine groups is 1. The van der Waals surface area contributed by atoms with Gasteiger partial charge in [-0.05, 0) is 0 Å². The zero-order chi connectivity index (χ0) is 12.7. The van der Waals surface area contributed by atoms with Crippen LogP contribution in [-0.2, 0) is 19.1 Å². The molecule has 17 heavy (non-hydrogen) atoms. The maximum atomic E-state index is 11.4. The summed E-state index contributed by atoms with van der Waals surface area (Å²) in [6.45, 7) is 0.774. The third kappa shape index (κ3) is 4.72. The van der Waals surface area contributed by atoms with Crippen LogP contribution in [0, 0.1) is 0 Å². The molecule has 0 aliphatic carbocycles. The minimum atomic E-state index is -0.737. The first-order chi connectivity index (χ1) is 8.17. The van der Waals surface area contributed by atoms with Crippen LogP contribution < -0.4 is 10.6 Å². The Bertz CT molecular complexity index is 317. The lowest BCUT2D eigenvalue weighted by atomic mass is 10.5. The van der Waals surface area contributed by atoms with Crippen LogP contribution in [0.4, 0.5) is 0 Å². The molecular formula is C9H15N3O4S. The van der Waals surface area contributed by atoms with Crippen molar-refractivity contribution in [1.29, 1.82) is 0 Å². The van der Waals surface area contributed by atoms with Crippen molar-refractivity contribution >= 4 is 28.7 Å². The molecule has 0 radical (unpaired) electrons. The summed E-state index contributed by atoms with van der Waals surface area (Å²) in [4.78, 5) is 26.8. The van der Waals surface area contributed by atoms with E-state index >= 15 is 0 Å². The lowest BCUT2D eigenvalue weighted by Gasteiger charge is -2.13. The van der Waals surface area contributed by atoms with Crippen molar-refractivity contribution in [1.82, 2.24) is 10.6 Å².